The first-order valence-corrected chi connectivity index (χ1v) is 12.1. The van der Waals surface area contributed by atoms with E-state index in [0.29, 0.717) is 29.7 Å². The van der Waals surface area contributed by atoms with Gasteiger partial charge in [0.15, 0.2) is 0 Å². The highest BCUT2D eigenvalue weighted by molar-refractivity contribution is 6.35. The number of carbonyl (C=O) groups excluding carboxylic acids is 1. The van der Waals surface area contributed by atoms with E-state index in [1.54, 1.807) is 11.0 Å². The minimum absolute atomic E-state index is 0.0910. The van der Waals surface area contributed by atoms with E-state index in [1.807, 2.05) is 55.9 Å². The Hall–Kier alpha value is -2.48. The number of ether oxygens (including phenoxy) is 1. The number of hydrogen-bond acceptors (Lipinski definition) is 5. The molecule has 1 N–H and O–H groups in total. The second kappa shape index (κ2) is 9.64. The zero-order valence-electron chi connectivity index (χ0n) is 19.8. The van der Waals surface area contributed by atoms with Gasteiger partial charge in [0.1, 0.15) is 5.60 Å². The van der Waals surface area contributed by atoms with Crippen LogP contribution in [0.15, 0.2) is 42.6 Å². The fourth-order valence-corrected chi connectivity index (χ4v) is 4.88. The molecular formula is C25H30Cl2N4O3. The third-order valence-corrected chi connectivity index (χ3v) is 6.61. The molecule has 1 amide bonds. The Bertz CT molecular complexity index is 1190. The number of aliphatic hydroxyl groups is 1. The van der Waals surface area contributed by atoms with Crippen LogP contribution >= 0.6 is 23.2 Å². The molecule has 0 bridgehead atoms. The van der Waals surface area contributed by atoms with Crippen molar-refractivity contribution in [2.24, 2.45) is 0 Å². The lowest BCUT2D eigenvalue weighted by Crippen LogP contribution is -2.57. The lowest BCUT2D eigenvalue weighted by atomic mass is 10.1. The summed E-state index contributed by atoms with van der Waals surface area (Å²) in [4.78, 5) is 16.4. The number of benzene rings is 2. The minimum atomic E-state index is -0.582. The Balaban J connectivity index is 1.58. The van der Waals surface area contributed by atoms with Crippen LogP contribution in [0.1, 0.15) is 39.3 Å². The first-order chi connectivity index (χ1) is 16.1. The first kappa shape index (κ1) is 24.6. The fraction of sp³-hybridized carbons (Fsp3) is 0.440. The highest BCUT2D eigenvalue weighted by Crippen LogP contribution is 2.32. The fourth-order valence-electron chi connectivity index (χ4n) is 4.31. The summed E-state index contributed by atoms with van der Waals surface area (Å²) in [5.74, 6) is 0. The van der Waals surface area contributed by atoms with Crippen molar-refractivity contribution in [3.05, 3.63) is 58.2 Å². The van der Waals surface area contributed by atoms with Gasteiger partial charge in [-0.2, -0.15) is 5.10 Å². The topological polar surface area (TPSA) is 70.8 Å². The van der Waals surface area contributed by atoms with Crippen molar-refractivity contribution < 1.29 is 14.6 Å². The monoisotopic (exact) mass is 504 g/mol. The van der Waals surface area contributed by atoms with Crippen LogP contribution in [-0.2, 0) is 4.74 Å². The van der Waals surface area contributed by atoms with Crippen LogP contribution in [0.5, 0.6) is 0 Å². The average Bonchev–Trinajstić information content (AvgIpc) is 3.20. The predicted octanol–water partition coefficient (Wildman–Crippen LogP) is 5.37. The third-order valence-electron chi connectivity index (χ3n) is 6.05. The summed E-state index contributed by atoms with van der Waals surface area (Å²) < 4.78 is 7.48. The van der Waals surface area contributed by atoms with Crippen molar-refractivity contribution in [3.8, 4) is 0 Å². The molecule has 1 fully saturated rings. The van der Waals surface area contributed by atoms with E-state index in [9.17, 15) is 9.90 Å². The van der Waals surface area contributed by atoms with Crippen LogP contribution in [0.3, 0.4) is 0 Å². The van der Waals surface area contributed by atoms with Crippen molar-refractivity contribution in [3.63, 3.8) is 0 Å². The van der Waals surface area contributed by atoms with Gasteiger partial charge < -0.3 is 14.7 Å². The lowest BCUT2D eigenvalue weighted by molar-refractivity contribution is 0.00704. The van der Waals surface area contributed by atoms with Crippen LogP contribution in [0, 0.1) is 0 Å². The normalized spacial score (nSPS) is 17.8. The van der Waals surface area contributed by atoms with Crippen LogP contribution in [0.25, 0.3) is 10.9 Å². The molecule has 0 saturated carbocycles. The number of rotatable bonds is 4. The molecule has 0 aliphatic carbocycles. The Morgan fingerprint density at radius 1 is 1.21 bits per heavy atom. The van der Waals surface area contributed by atoms with E-state index in [2.05, 4.69) is 23.0 Å². The van der Waals surface area contributed by atoms with Crippen LogP contribution in [0.4, 0.5) is 10.5 Å². The number of carbonyl (C=O) groups is 1. The van der Waals surface area contributed by atoms with Crippen molar-refractivity contribution in [2.45, 2.75) is 45.4 Å². The molecule has 0 radical (unpaired) electrons. The summed E-state index contributed by atoms with van der Waals surface area (Å²) in [6, 6.07) is 11.2. The summed E-state index contributed by atoms with van der Waals surface area (Å²) in [6.07, 6.45) is 1.45. The Morgan fingerprint density at radius 2 is 1.97 bits per heavy atom. The standard InChI is InChI=1S/C25H30Cl2N4O3/c1-16(21-8-6-18(26)11-22(21)27)31-23-12-19(7-5-17(23)13-28-31)29-9-10-30(20(14-29)15-32)24(33)34-25(2,3)4/h5-8,11-13,16,20,32H,9-10,14-15H2,1-4H3/t16-,20+/m1/s1. The van der Waals surface area contributed by atoms with Crippen LogP contribution in [-0.4, -0.2) is 63.8 Å². The van der Waals surface area contributed by atoms with Crippen molar-refractivity contribution in [1.82, 2.24) is 14.7 Å². The van der Waals surface area contributed by atoms with Crippen molar-refractivity contribution in [1.29, 1.82) is 0 Å². The molecule has 1 aliphatic heterocycles. The molecule has 2 heterocycles. The van der Waals surface area contributed by atoms with E-state index >= 15 is 0 Å². The maximum atomic E-state index is 12.6. The molecule has 1 saturated heterocycles. The van der Waals surface area contributed by atoms with Gasteiger partial charge in [-0.3, -0.25) is 9.58 Å². The summed E-state index contributed by atoms with van der Waals surface area (Å²) >= 11 is 12.5. The summed E-state index contributed by atoms with van der Waals surface area (Å²) in [6.45, 7) is 9.04. The van der Waals surface area contributed by atoms with Crippen LogP contribution in [0.2, 0.25) is 10.0 Å². The summed E-state index contributed by atoms with van der Waals surface area (Å²) in [5.41, 5.74) is 2.34. The average molecular weight is 505 g/mol. The van der Waals surface area contributed by atoms with Gasteiger partial charge in [0.2, 0.25) is 0 Å². The Labute approximate surface area is 209 Å². The first-order valence-electron chi connectivity index (χ1n) is 11.3. The van der Waals surface area contributed by atoms with Crippen molar-refractivity contribution in [2.75, 3.05) is 31.1 Å². The molecule has 1 aliphatic rings. The molecule has 7 nitrogen and oxygen atoms in total. The second-order valence-corrected chi connectivity index (χ2v) is 10.5. The number of anilines is 1. The number of aliphatic hydroxyl groups excluding tert-OH is 1. The predicted molar refractivity (Wildman–Crippen MR) is 136 cm³/mol. The number of piperazine rings is 1. The van der Waals surface area contributed by atoms with Gasteiger partial charge in [-0.1, -0.05) is 29.3 Å². The van der Waals surface area contributed by atoms with Gasteiger partial charge in [-0.25, -0.2) is 4.79 Å². The molecule has 2 atom stereocenters. The maximum Gasteiger partial charge on any atom is 0.410 e. The zero-order valence-corrected chi connectivity index (χ0v) is 21.3. The lowest BCUT2D eigenvalue weighted by Gasteiger charge is -2.42. The van der Waals surface area contributed by atoms with Crippen LogP contribution < -0.4 is 4.90 Å². The molecule has 4 rings (SSSR count). The molecule has 2 aromatic carbocycles. The number of aromatic nitrogens is 2. The molecule has 182 valence electrons. The zero-order chi connectivity index (χ0) is 24.6. The number of amides is 1. The number of hydrogen-bond donors (Lipinski definition) is 1. The highest BCUT2D eigenvalue weighted by atomic mass is 35.5. The van der Waals surface area contributed by atoms with Gasteiger partial charge in [0.05, 0.1) is 30.4 Å². The molecule has 1 aromatic heterocycles. The van der Waals surface area contributed by atoms with E-state index in [1.165, 1.54) is 0 Å². The Kier molecular flexibility index (Phi) is 6.99. The summed E-state index contributed by atoms with van der Waals surface area (Å²) in [7, 11) is 0. The number of halogens is 2. The molecule has 34 heavy (non-hydrogen) atoms. The van der Waals surface area contributed by atoms with E-state index in [0.717, 1.165) is 22.2 Å². The third kappa shape index (κ3) is 5.11. The van der Waals surface area contributed by atoms with Gasteiger partial charge in [0, 0.05) is 40.8 Å². The van der Waals surface area contributed by atoms with Gasteiger partial charge in [-0.15, -0.1) is 0 Å². The van der Waals surface area contributed by atoms with Gasteiger partial charge >= 0.3 is 6.09 Å². The molecule has 3 aromatic rings. The van der Waals surface area contributed by atoms with Gasteiger partial charge in [0.25, 0.3) is 0 Å². The smallest absolute Gasteiger partial charge is 0.410 e. The molecule has 9 heteroatoms. The number of nitrogens with zero attached hydrogens (tertiary/aromatic N) is 4. The summed E-state index contributed by atoms with van der Waals surface area (Å²) in [5, 5.41) is 16.8. The second-order valence-electron chi connectivity index (χ2n) is 9.63. The molecule has 0 spiro atoms. The maximum absolute atomic E-state index is 12.6. The van der Waals surface area contributed by atoms with Crippen molar-refractivity contribution >= 4 is 45.9 Å². The minimum Gasteiger partial charge on any atom is -0.444 e. The van der Waals surface area contributed by atoms with E-state index in [-0.39, 0.29) is 18.7 Å². The van der Waals surface area contributed by atoms with E-state index in [4.69, 9.17) is 27.9 Å². The number of fused-ring (bicyclic) bond motifs is 1. The molecular weight excluding hydrogens is 475 g/mol. The molecule has 0 unspecified atom stereocenters. The largest absolute Gasteiger partial charge is 0.444 e. The van der Waals surface area contributed by atoms with E-state index < -0.39 is 11.7 Å². The SMILES string of the molecule is C[C@H](c1ccc(Cl)cc1Cl)n1ncc2ccc(N3CCN(C(=O)OC(C)(C)C)[C@H](CO)C3)cc21. The quantitative estimate of drug-likeness (QED) is 0.516. The van der Waals surface area contributed by atoms with Gasteiger partial charge in [-0.05, 0) is 63.6 Å². The Morgan fingerprint density at radius 3 is 2.65 bits per heavy atom. The highest BCUT2D eigenvalue weighted by Gasteiger charge is 2.33.